The van der Waals surface area contributed by atoms with Crippen molar-refractivity contribution in [1.82, 2.24) is 19.6 Å². The van der Waals surface area contributed by atoms with E-state index in [1.165, 1.54) is 23.0 Å². The lowest BCUT2D eigenvalue weighted by Crippen LogP contribution is -2.22. The summed E-state index contributed by atoms with van der Waals surface area (Å²) in [6, 6.07) is 12.0. The highest BCUT2D eigenvalue weighted by Gasteiger charge is 2.24. The number of halogens is 3. The van der Waals surface area contributed by atoms with Crippen molar-refractivity contribution in [3.63, 3.8) is 0 Å². The Morgan fingerprint density at radius 3 is 2.35 bits per heavy atom. The Hall–Kier alpha value is -3.71. The molecule has 0 unspecified atom stereocenters. The molecule has 0 aliphatic heterocycles. The van der Waals surface area contributed by atoms with E-state index in [2.05, 4.69) is 16.1 Å². The van der Waals surface area contributed by atoms with Gasteiger partial charge in [0.1, 0.15) is 17.4 Å². The van der Waals surface area contributed by atoms with Crippen molar-refractivity contribution in [2.24, 2.45) is 0 Å². The first-order valence-electron chi connectivity index (χ1n) is 10.7. The van der Waals surface area contributed by atoms with E-state index in [1.807, 2.05) is 39.0 Å². The molecule has 2 N–H and O–H groups in total. The minimum Gasteiger partial charge on any atom is -0.479 e. The van der Waals surface area contributed by atoms with Crippen molar-refractivity contribution in [1.29, 1.82) is 0 Å². The van der Waals surface area contributed by atoms with Crippen molar-refractivity contribution in [2.75, 3.05) is 12.3 Å². The molecular formula is C25H22Cl3N5O4. The maximum Gasteiger partial charge on any atom is 0.442 e. The lowest BCUT2D eigenvalue weighted by atomic mass is 9.97. The number of anilines is 1. The first-order chi connectivity index (χ1) is 17.4. The number of nitrogens with two attached hydrogens (primary N) is 1. The number of nitrogens with zero attached hydrogens (tertiary/aromatic N) is 4. The van der Waals surface area contributed by atoms with Gasteiger partial charge >= 0.3 is 5.76 Å². The number of hydrogen-bond donors (Lipinski definition) is 1. The zero-order valence-corrected chi connectivity index (χ0v) is 22.3. The molecule has 37 heavy (non-hydrogen) atoms. The minimum atomic E-state index is -0.642. The molecule has 0 atom stereocenters. The average Bonchev–Trinajstić information content (AvgIpc) is 3.25. The highest BCUT2D eigenvalue weighted by molar-refractivity contribution is 6.36. The molecule has 0 radical (unpaired) electrons. The molecule has 0 aliphatic rings. The molecule has 192 valence electrons. The van der Waals surface area contributed by atoms with E-state index >= 15 is 0 Å². The lowest BCUT2D eigenvalue weighted by molar-refractivity contribution is 0.370. The summed E-state index contributed by atoms with van der Waals surface area (Å²) in [5.41, 5.74) is 5.79. The van der Waals surface area contributed by atoms with Crippen molar-refractivity contribution < 1.29 is 9.15 Å². The van der Waals surface area contributed by atoms with Gasteiger partial charge in [-0.05, 0) is 18.2 Å². The lowest BCUT2D eigenvalue weighted by Gasteiger charge is -2.11. The third kappa shape index (κ3) is 6.54. The number of aromatic nitrogens is 4. The standard InChI is InChI=1S/C15H14Cl2N2O3.C10H8ClN3O/c1-5-6-21-12-8-11(9(16)7-10(12)17)19-14(20)22-13(18-19)15(2,3)4;11-9-8(12)6-13-14(10(9)15)7-4-2-1-3-5-7/h1,7-8H,6H2,2-4H3;1-6H,12H2. The zero-order valence-electron chi connectivity index (χ0n) is 20.0. The van der Waals surface area contributed by atoms with Gasteiger partial charge in [0.05, 0.1) is 33.3 Å². The molecule has 12 heteroatoms. The summed E-state index contributed by atoms with van der Waals surface area (Å²) >= 11 is 17.9. The van der Waals surface area contributed by atoms with Crippen LogP contribution in [0.2, 0.25) is 15.1 Å². The molecule has 0 fully saturated rings. The van der Waals surface area contributed by atoms with E-state index < -0.39 is 16.7 Å². The van der Waals surface area contributed by atoms with Gasteiger partial charge in [-0.2, -0.15) is 14.5 Å². The van der Waals surface area contributed by atoms with Crippen LogP contribution in [0.15, 0.2) is 62.7 Å². The van der Waals surface area contributed by atoms with Crippen LogP contribution in [0, 0.1) is 12.3 Å². The van der Waals surface area contributed by atoms with Gasteiger partial charge in [-0.15, -0.1) is 11.5 Å². The van der Waals surface area contributed by atoms with Gasteiger partial charge in [-0.3, -0.25) is 4.79 Å². The number of benzene rings is 2. The summed E-state index contributed by atoms with van der Waals surface area (Å²) in [6.07, 6.45) is 6.51. The molecule has 2 aromatic heterocycles. The molecule has 0 saturated heterocycles. The molecule has 0 spiro atoms. The first-order valence-corrected chi connectivity index (χ1v) is 11.8. The Balaban J connectivity index is 0.000000220. The highest BCUT2D eigenvalue weighted by atomic mass is 35.5. The number of terminal acetylenes is 1. The second-order valence-electron chi connectivity index (χ2n) is 8.53. The van der Waals surface area contributed by atoms with Crippen LogP contribution in [-0.2, 0) is 5.41 Å². The van der Waals surface area contributed by atoms with Crippen LogP contribution in [0.25, 0.3) is 11.4 Å². The third-order valence-corrected chi connectivity index (χ3v) is 5.65. The van der Waals surface area contributed by atoms with Crippen LogP contribution < -0.4 is 21.8 Å². The summed E-state index contributed by atoms with van der Waals surface area (Å²) in [5.74, 6) is 2.31. The van der Waals surface area contributed by atoms with E-state index in [4.69, 9.17) is 56.1 Å². The van der Waals surface area contributed by atoms with E-state index in [0.717, 1.165) is 4.68 Å². The van der Waals surface area contributed by atoms with Gasteiger partial charge in [0.15, 0.2) is 0 Å². The SMILES string of the molecule is C#CCOc1cc(-n2nc(C(C)(C)C)oc2=O)c(Cl)cc1Cl.Nc1cnn(-c2ccccc2)c(=O)c1Cl. The first kappa shape index (κ1) is 27.9. The van der Waals surface area contributed by atoms with Crippen LogP contribution in [0.5, 0.6) is 5.75 Å². The van der Waals surface area contributed by atoms with E-state index in [1.54, 1.807) is 12.1 Å². The van der Waals surface area contributed by atoms with Gasteiger partial charge in [-0.1, -0.05) is 79.7 Å². The molecule has 2 heterocycles. The predicted octanol–water partition coefficient (Wildman–Crippen LogP) is 4.91. The quantitative estimate of drug-likeness (QED) is 0.351. The number of para-hydroxylation sites is 1. The van der Waals surface area contributed by atoms with Crippen LogP contribution in [0.3, 0.4) is 0 Å². The number of hydrogen-bond acceptors (Lipinski definition) is 7. The van der Waals surface area contributed by atoms with Gasteiger partial charge in [-0.25, -0.2) is 4.79 Å². The molecule has 2 aromatic carbocycles. The average molecular weight is 563 g/mol. The number of ether oxygens (including phenoxy) is 1. The fourth-order valence-corrected chi connectivity index (χ4v) is 3.49. The Morgan fingerprint density at radius 1 is 1.08 bits per heavy atom. The van der Waals surface area contributed by atoms with Gasteiger partial charge in [0.2, 0.25) is 5.89 Å². The molecule has 0 amide bonds. The topological polar surface area (TPSA) is 118 Å². The molecule has 0 saturated carbocycles. The number of rotatable bonds is 4. The van der Waals surface area contributed by atoms with Crippen molar-refractivity contribution in [2.45, 2.75) is 26.2 Å². The van der Waals surface area contributed by atoms with Crippen LogP contribution in [0.4, 0.5) is 5.69 Å². The molecule has 0 bridgehead atoms. The van der Waals surface area contributed by atoms with Gasteiger partial charge < -0.3 is 14.9 Å². The Morgan fingerprint density at radius 2 is 1.76 bits per heavy atom. The second-order valence-corrected chi connectivity index (χ2v) is 9.72. The monoisotopic (exact) mass is 561 g/mol. The fraction of sp³-hybridized carbons (Fsp3) is 0.200. The maximum absolute atomic E-state index is 12.0. The molecule has 0 aliphatic carbocycles. The van der Waals surface area contributed by atoms with E-state index in [0.29, 0.717) is 23.0 Å². The van der Waals surface area contributed by atoms with Crippen molar-refractivity contribution in [3.05, 3.63) is 90.5 Å². The van der Waals surface area contributed by atoms with Crippen LogP contribution in [0.1, 0.15) is 26.7 Å². The van der Waals surface area contributed by atoms with Gasteiger partial charge in [0, 0.05) is 11.5 Å². The third-order valence-electron chi connectivity index (χ3n) is 4.68. The Kier molecular flexibility index (Phi) is 8.71. The van der Waals surface area contributed by atoms with Crippen molar-refractivity contribution in [3.8, 4) is 29.5 Å². The summed E-state index contributed by atoms with van der Waals surface area (Å²) in [5, 5.41) is 8.61. The van der Waals surface area contributed by atoms with Crippen LogP contribution >= 0.6 is 34.8 Å². The Bertz CT molecular complexity index is 1560. The smallest absolute Gasteiger partial charge is 0.442 e. The fourth-order valence-electron chi connectivity index (χ4n) is 2.84. The number of nitrogen functional groups attached to an aromatic ring is 1. The summed E-state index contributed by atoms with van der Waals surface area (Å²) in [7, 11) is 0. The van der Waals surface area contributed by atoms with Gasteiger partial charge in [0.25, 0.3) is 5.56 Å². The minimum absolute atomic E-state index is 0.00569. The summed E-state index contributed by atoms with van der Waals surface area (Å²) in [4.78, 5) is 23.7. The molecular weight excluding hydrogens is 541 g/mol. The summed E-state index contributed by atoms with van der Waals surface area (Å²) < 4.78 is 12.8. The second kappa shape index (κ2) is 11.6. The normalized spacial score (nSPS) is 10.8. The molecule has 4 aromatic rings. The zero-order chi connectivity index (χ0) is 27.3. The van der Waals surface area contributed by atoms with Crippen molar-refractivity contribution >= 4 is 40.5 Å². The van der Waals surface area contributed by atoms with Crippen LogP contribution in [-0.4, -0.2) is 26.2 Å². The van der Waals surface area contributed by atoms with E-state index in [9.17, 15) is 9.59 Å². The highest BCUT2D eigenvalue weighted by Crippen LogP contribution is 2.33. The predicted molar refractivity (Wildman–Crippen MR) is 144 cm³/mol. The Labute approximate surface area is 227 Å². The molecule has 4 rings (SSSR count). The maximum atomic E-state index is 12.0. The largest absolute Gasteiger partial charge is 0.479 e. The molecule has 9 nitrogen and oxygen atoms in total. The van der Waals surface area contributed by atoms with E-state index in [-0.39, 0.29) is 27.4 Å². The summed E-state index contributed by atoms with van der Waals surface area (Å²) in [6.45, 7) is 5.69.